The highest BCUT2D eigenvalue weighted by Gasteiger charge is 2.30. The van der Waals surface area contributed by atoms with E-state index in [9.17, 15) is 4.79 Å². The van der Waals surface area contributed by atoms with Crippen LogP contribution in [0.15, 0.2) is 0 Å². The van der Waals surface area contributed by atoms with Gasteiger partial charge in [0.05, 0.1) is 0 Å². The summed E-state index contributed by atoms with van der Waals surface area (Å²) in [5.74, 6) is 1.42. The lowest BCUT2D eigenvalue weighted by Crippen LogP contribution is -2.39. The minimum Gasteiger partial charge on any atom is -0.319 e. The van der Waals surface area contributed by atoms with E-state index in [0.29, 0.717) is 17.6 Å². The van der Waals surface area contributed by atoms with Gasteiger partial charge in [-0.15, -0.1) is 0 Å². The Bertz CT molecular complexity index is 220. The number of Topliss-reactive ketones (excluding diaryl/α,β-unsaturated/α-hetero) is 1. The lowest BCUT2D eigenvalue weighted by Gasteiger charge is -2.31. The lowest BCUT2D eigenvalue weighted by molar-refractivity contribution is -0.129. The summed E-state index contributed by atoms with van der Waals surface area (Å²) in [6.07, 6.45) is 2.09. The van der Waals surface area contributed by atoms with Crippen LogP contribution in [-0.4, -0.2) is 44.4 Å². The fraction of sp³-hybridized carbons (Fsp3) is 0.923. The van der Waals surface area contributed by atoms with Crippen molar-refractivity contribution in [3.05, 3.63) is 0 Å². The van der Waals surface area contributed by atoms with Gasteiger partial charge in [-0.1, -0.05) is 13.8 Å². The number of hydrogen-bond donors (Lipinski definition) is 1. The average Bonchev–Trinajstić information content (AvgIpc) is 2.25. The first-order chi connectivity index (χ1) is 7.56. The third-order valence-electron chi connectivity index (χ3n) is 3.72. The maximum atomic E-state index is 12.4. The lowest BCUT2D eigenvalue weighted by atomic mass is 9.81. The normalized spacial score (nSPS) is 21.3. The second kappa shape index (κ2) is 6.36. The second-order valence-corrected chi connectivity index (χ2v) is 5.39. The van der Waals surface area contributed by atoms with Gasteiger partial charge < -0.3 is 10.2 Å². The Labute approximate surface area is 99.6 Å². The van der Waals surface area contributed by atoms with Crippen LogP contribution in [-0.2, 0) is 4.79 Å². The van der Waals surface area contributed by atoms with Gasteiger partial charge >= 0.3 is 0 Å². The molecule has 16 heavy (non-hydrogen) atoms. The molecule has 0 aliphatic carbocycles. The van der Waals surface area contributed by atoms with Crippen LogP contribution in [0.25, 0.3) is 0 Å². The molecule has 0 aromatic rings. The van der Waals surface area contributed by atoms with E-state index in [4.69, 9.17) is 0 Å². The first-order valence-electron chi connectivity index (χ1n) is 6.43. The third-order valence-corrected chi connectivity index (χ3v) is 3.72. The Hall–Kier alpha value is -0.410. The molecular weight excluding hydrogens is 200 g/mol. The van der Waals surface area contributed by atoms with Crippen LogP contribution >= 0.6 is 0 Å². The van der Waals surface area contributed by atoms with E-state index in [2.05, 4.69) is 31.1 Å². The molecule has 1 unspecified atom stereocenters. The van der Waals surface area contributed by atoms with Crippen molar-refractivity contribution in [3.63, 3.8) is 0 Å². The fourth-order valence-electron chi connectivity index (χ4n) is 2.48. The first-order valence-corrected chi connectivity index (χ1v) is 6.43. The Morgan fingerprint density at radius 1 is 1.38 bits per heavy atom. The number of hydrogen-bond acceptors (Lipinski definition) is 3. The van der Waals surface area contributed by atoms with Gasteiger partial charge in [-0.25, -0.2) is 0 Å². The van der Waals surface area contributed by atoms with E-state index in [1.165, 1.54) is 0 Å². The van der Waals surface area contributed by atoms with Crippen LogP contribution in [0.5, 0.6) is 0 Å². The van der Waals surface area contributed by atoms with Gasteiger partial charge in [-0.2, -0.15) is 0 Å². The fourth-order valence-corrected chi connectivity index (χ4v) is 2.48. The predicted octanol–water partition coefficient (Wildman–Crippen LogP) is 1.39. The second-order valence-electron chi connectivity index (χ2n) is 5.39. The molecule has 3 heteroatoms. The summed E-state index contributed by atoms with van der Waals surface area (Å²) >= 11 is 0. The highest BCUT2D eigenvalue weighted by Crippen LogP contribution is 2.24. The molecule has 1 atom stereocenters. The Morgan fingerprint density at radius 3 is 2.38 bits per heavy atom. The summed E-state index contributed by atoms with van der Waals surface area (Å²) in [5, 5.41) is 3.15. The predicted molar refractivity (Wildman–Crippen MR) is 67.5 cm³/mol. The van der Waals surface area contributed by atoms with E-state index < -0.39 is 0 Å². The highest BCUT2D eigenvalue weighted by atomic mass is 16.1. The Morgan fingerprint density at radius 2 is 1.94 bits per heavy atom. The number of piperidine rings is 1. The van der Waals surface area contributed by atoms with Gasteiger partial charge in [0.25, 0.3) is 0 Å². The highest BCUT2D eigenvalue weighted by molar-refractivity contribution is 5.84. The molecule has 3 nitrogen and oxygen atoms in total. The minimum absolute atomic E-state index is 0.193. The van der Waals surface area contributed by atoms with Crippen molar-refractivity contribution in [2.45, 2.75) is 26.7 Å². The largest absolute Gasteiger partial charge is 0.319 e. The standard InChI is InChI=1S/C13H26N2O/c1-10(2)12(9-14-3)13(16)11-5-7-15(4)8-6-11/h10-12,14H,5-9H2,1-4H3. The third kappa shape index (κ3) is 3.56. The van der Waals surface area contributed by atoms with Gasteiger partial charge in [0.1, 0.15) is 5.78 Å². The van der Waals surface area contributed by atoms with Gasteiger partial charge in [-0.05, 0) is 45.9 Å². The summed E-state index contributed by atoms with van der Waals surface area (Å²) in [6, 6.07) is 0. The number of nitrogens with one attached hydrogen (secondary N) is 1. The first kappa shape index (κ1) is 13.7. The minimum atomic E-state index is 0.193. The topological polar surface area (TPSA) is 32.3 Å². The van der Waals surface area contributed by atoms with Gasteiger partial charge in [0.15, 0.2) is 0 Å². The van der Waals surface area contributed by atoms with E-state index in [1.54, 1.807) is 0 Å². The van der Waals surface area contributed by atoms with E-state index in [-0.39, 0.29) is 5.92 Å². The number of carbonyl (C=O) groups is 1. The van der Waals surface area contributed by atoms with Crippen molar-refractivity contribution < 1.29 is 4.79 Å². The molecule has 1 saturated heterocycles. The zero-order chi connectivity index (χ0) is 12.1. The van der Waals surface area contributed by atoms with Crippen LogP contribution in [0, 0.1) is 17.8 Å². The molecule has 94 valence electrons. The summed E-state index contributed by atoms with van der Waals surface area (Å²) < 4.78 is 0. The maximum Gasteiger partial charge on any atom is 0.140 e. The van der Waals surface area contributed by atoms with Crippen molar-refractivity contribution in [1.82, 2.24) is 10.2 Å². The molecule has 0 saturated carbocycles. The van der Waals surface area contributed by atoms with Crippen LogP contribution in [0.3, 0.4) is 0 Å². The maximum absolute atomic E-state index is 12.4. The number of carbonyl (C=O) groups excluding carboxylic acids is 1. The molecule has 0 aromatic heterocycles. The molecule has 0 amide bonds. The molecule has 1 N–H and O–H groups in total. The van der Waals surface area contributed by atoms with Gasteiger partial charge in [0, 0.05) is 18.4 Å². The van der Waals surface area contributed by atoms with E-state index >= 15 is 0 Å². The van der Waals surface area contributed by atoms with Crippen LogP contribution < -0.4 is 5.32 Å². The zero-order valence-electron chi connectivity index (χ0n) is 11.1. The van der Waals surface area contributed by atoms with Gasteiger partial charge in [-0.3, -0.25) is 4.79 Å². The van der Waals surface area contributed by atoms with Crippen molar-refractivity contribution in [1.29, 1.82) is 0 Å². The molecule has 1 aliphatic rings. The molecular formula is C13H26N2O. The van der Waals surface area contributed by atoms with Crippen molar-refractivity contribution >= 4 is 5.78 Å². The van der Waals surface area contributed by atoms with Crippen molar-refractivity contribution in [2.75, 3.05) is 33.7 Å². The number of rotatable bonds is 5. The average molecular weight is 226 g/mol. The molecule has 1 fully saturated rings. The van der Waals surface area contributed by atoms with Crippen LogP contribution in [0.1, 0.15) is 26.7 Å². The number of likely N-dealkylation sites (tertiary alicyclic amines) is 1. The van der Waals surface area contributed by atoms with Crippen LogP contribution in [0.4, 0.5) is 0 Å². The van der Waals surface area contributed by atoms with Crippen molar-refractivity contribution in [2.24, 2.45) is 17.8 Å². The smallest absolute Gasteiger partial charge is 0.140 e. The molecule has 1 heterocycles. The summed E-state index contributed by atoms with van der Waals surface area (Å²) in [5.41, 5.74) is 0. The molecule has 0 aromatic carbocycles. The molecule has 1 aliphatic heterocycles. The van der Waals surface area contributed by atoms with Gasteiger partial charge in [0.2, 0.25) is 0 Å². The summed E-state index contributed by atoms with van der Waals surface area (Å²) in [4.78, 5) is 14.7. The molecule has 1 rings (SSSR count). The summed E-state index contributed by atoms with van der Waals surface area (Å²) in [6.45, 7) is 7.26. The molecule has 0 spiro atoms. The number of nitrogens with zero attached hydrogens (tertiary/aromatic N) is 1. The number of ketones is 1. The van der Waals surface area contributed by atoms with Crippen LogP contribution in [0.2, 0.25) is 0 Å². The Kier molecular flexibility index (Phi) is 5.42. The SMILES string of the molecule is CNCC(C(=O)C1CCN(C)CC1)C(C)C. The zero-order valence-corrected chi connectivity index (χ0v) is 11.1. The van der Waals surface area contributed by atoms with Crippen molar-refractivity contribution in [3.8, 4) is 0 Å². The molecule has 0 bridgehead atoms. The quantitative estimate of drug-likeness (QED) is 0.769. The summed E-state index contributed by atoms with van der Waals surface area (Å²) in [7, 11) is 4.06. The van der Waals surface area contributed by atoms with E-state index in [1.807, 2.05) is 7.05 Å². The molecule has 0 radical (unpaired) electrons. The van der Waals surface area contributed by atoms with E-state index in [0.717, 1.165) is 32.5 Å². The monoisotopic (exact) mass is 226 g/mol. The Balaban J connectivity index is 2.53.